The van der Waals surface area contributed by atoms with Gasteiger partial charge in [-0.25, -0.2) is 17.6 Å². The topological polar surface area (TPSA) is 92.9 Å². The van der Waals surface area contributed by atoms with Crippen molar-refractivity contribution in [2.24, 2.45) is 0 Å². The zero-order valence-corrected chi connectivity index (χ0v) is 13.7. The number of aromatic nitrogens is 1. The van der Waals surface area contributed by atoms with Crippen LogP contribution >= 0.6 is 0 Å². The molecular weight excluding hydrogens is 349 g/mol. The summed E-state index contributed by atoms with van der Waals surface area (Å²) in [6.45, 7) is 1.37. The first-order chi connectivity index (χ1) is 11.7. The van der Waals surface area contributed by atoms with E-state index in [2.05, 4.69) is 0 Å². The molecule has 0 aliphatic carbocycles. The molecule has 0 bridgehead atoms. The first-order valence-corrected chi connectivity index (χ1v) is 8.61. The number of Topliss-reactive ketones (excluding diaryl/α,β-unsaturated/α-hetero) is 1. The number of rotatable bonds is 4. The van der Waals surface area contributed by atoms with E-state index >= 15 is 0 Å². The molecule has 0 saturated heterocycles. The van der Waals surface area contributed by atoms with Gasteiger partial charge in [0.2, 0.25) is 9.84 Å². The van der Waals surface area contributed by atoms with Gasteiger partial charge >= 0.3 is 5.97 Å². The number of ketones is 1. The Labute approximate surface area is 142 Å². The maximum Gasteiger partial charge on any atom is 0.378 e. The number of benzene rings is 1. The minimum atomic E-state index is -4.08. The molecule has 3 aromatic rings. The predicted molar refractivity (Wildman–Crippen MR) is 86.0 cm³/mol. The van der Waals surface area contributed by atoms with Crippen molar-refractivity contribution in [1.82, 2.24) is 4.40 Å². The van der Waals surface area contributed by atoms with Crippen LogP contribution in [0, 0.1) is 12.7 Å². The van der Waals surface area contributed by atoms with Crippen LogP contribution in [0.1, 0.15) is 16.1 Å². The Kier molecular flexibility index (Phi) is 3.92. The number of carboxylic acid groups (broad SMARTS) is 1. The van der Waals surface area contributed by atoms with Gasteiger partial charge in [-0.1, -0.05) is 6.07 Å². The number of pyridine rings is 1. The summed E-state index contributed by atoms with van der Waals surface area (Å²) in [5.74, 6) is -3.48. The van der Waals surface area contributed by atoms with Gasteiger partial charge in [0.05, 0.1) is 10.4 Å². The van der Waals surface area contributed by atoms with Crippen molar-refractivity contribution < 1.29 is 27.5 Å². The summed E-state index contributed by atoms with van der Waals surface area (Å²) in [4.78, 5) is 22.8. The van der Waals surface area contributed by atoms with Gasteiger partial charge in [-0.3, -0.25) is 4.79 Å². The predicted octanol–water partition coefficient (Wildman–Crippen LogP) is 2.49. The molecule has 0 radical (unpaired) electrons. The highest BCUT2D eigenvalue weighted by atomic mass is 32.2. The smallest absolute Gasteiger partial charge is 0.378 e. The van der Waals surface area contributed by atoms with Gasteiger partial charge in [0.25, 0.3) is 5.78 Å². The van der Waals surface area contributed by atoms with Gasteiger partial charge in [-0.2, -0.15) is 0 Å². The summed E-state index contributed by atoms with van der Waals surface area (Å²) in [5.41, 5.74) is -0.0272. The molecule has 0 atom stereocenters. The first kappa shape index (κ1) is 16.8. The van der Waals surface area contributed by atoms with Crippen molar-refractivity contribution in [3.8, 4) is 0 Å². The highest BCUT2D eigenvalue weighted by Crippen LogP contribution is 2.32. The van der Waals surface area contributed by atoms with Gasteiger partial charge in [-0.05, 0) is 48.9 Å². The standard InChI is InChI=1S/C17H12FNO5S/c1-10-14(15(20)17(21)22)19-9-3-2-4-13(19)16(10)25(23,24)12-7-5-11(18)6-8-12/h2-9H,1H3,(H,21,22). The lowest BCUT2D eigenvalue weighted by Gasteiger charge is -2.05. The zero-order chi connectivity index (χ0) is 18.4. The highest BCUT2D eigenvalue weighted by Gasteiger charge is 2.31. The molecule has 2 heterocycles. The van der Waals surface area contributed by atoms with Crippen LogP contribution in [0.4, 0.5) is 4.39 Å². The number of sulfone groups is 1. The fourth-order valence-electron chi connectivity index (χ4n) is 2.76. The molecule has 1 N–H and O–H groups in total. The minimum Gasteiger partial charge on any atom is -0.475 e. The van der Waals surface area contributed by atoms with Crippen LogP contribution < -0.4 is 0 Å². The van der Waals surface area contributed by atoms with E-state index in [0.29, 0.717) is 0 Å². The summed E-state index contributed by atoms with van der Waals surface area (Å²) < 4.78 is 40.3. The number of hydrogen-bond acceptors (Lipinski definition) is 4. The van der Waals surface area contributed by atoms with Crippen molar-refractivity contribution in [3.63, 3.8) is 0 Å². The molecular formula is C17H12FNO5S. The lowest BCUT2D eigenvalue weighted by molar-refractivity contribution is -0.131. The van der Waals surface area contributed by atoms with Crippen LogP contribution in [0.25, 0.3) is 5.52 Å². The lowest BCUT2D eigenvalue weighted by Crippen LogP contribution is -2.16. The van der Waals surface area contributed by atoms with Crippen molar-refractivity contribution >= 4 is 27.1 Å². The maximum atomic E-state index is 13.1. The SMILES string of the molecule is Cc1c(S(=O)(=O)c2ccc(F)cc2)c2ccccn2c1C(=O)C(=O)O. The fourth-order valence-corrected chi connectivity index (χ4v) is 4.43. The van der Waals surface area contributed by atoms with Crippen molar-refractivity contribution in [1.29, 1.82) is 0 Å². The Bertz CT molecular complexity index is 1110. The van der Waals surface area contributed by atoms with Crippen molar-refractivity contribution in [3.05, 3.63) is 65.7 Å². The van der Waals surface area contributed by atoms with Gasteiger partial charge in [0.15, 0.2) is 0 Å². The molecule has 128 valence electrons. The Balaban J connectivity index is 2.37. The minimum absolute atomic E-state index is 0.0305. The second-order valence-electron chi connectivity index (χ2n) is 5.35. The second kappa shape index (κ2) is 5.82. The monoisotopic (exact) mass is 361 g/mol. The number of hydrogen-bond donors (Lipinski definition) is 1. The molecule has 1 aromatic carbocycles. The second-order valence-corrected chi connectivity index (χ2v) is 7.24. The van der Waals surface area contributed by atoms with Crippen LogP contribution in [0.3, 0.4) is 0 Å². The molecule has 0 fully saturated rings. The normalized spacial score (nSPS) is 11.6. The molecule has 8 heteroatoms. The number of halogens is 1. The number of fused-ring (bicyclic) bond motifs is 1. The van der Waals surface area contributed by atoms with Crippen LogP contribution in [0.5, 0.6) is 0 Å². The third-order valence-electron chi connectivity index (χ3n) is 3.83. The summed E-state index contributed by atoms with van der Waals surface area (Å²) >= 11 is 0. The highest BCUT2D eigenvalue weighted by molar-refractivity contribution is 7.91. The van der Waals surface area contributed by atoms with Crippen LogP contribution in [-0.4, -0.2) is 29.7 Å². The van der Waals surface area contributed by atoms with Gasteiger partial charge in [0, 0.05) is 6.20 Å². The van der Waals surface area contributed by atoms with E-state index in [9.17, 15) is 22.4 Å². The van der Waals surface area contributed by atoms with Crippen molar-refractivity contribution in [2.75, 3.05) is 0 Å². The number of carbonyl (C=O) groups is 2. The Morgan fingerprint density at radius 2 is 1.72 bits per heavy atom. The maximum absolute atomic E-state index is 13.1. The number of aliphatic carboxylic acids is 1. The summed E-state index contributed by atoms with van der Waals surface area (Å²) in [6, 6.07) is 8.88. The molecule has 0 spiro atoms. The lowest BCUT2D eigenvalue weighted by atomic mass is 10.2. The fraction of sp³-hybridized carbons (Fsp3) is 0.0588. The molecule has 6 nitrogen and oxygen atoms in total. The molecule has 0 amide bonds. The molecule has 0 aliphatic rings. The van der Waals surface area contributed by atoms with E-state index < -0.39 is 27.4 Å². The summed E-state index contributed by atoms with van der Waals surface area (Å²) in [5, 5.41) is 9.02. The molecule has 2 aromatic heterocycles. The third-order valence-corrected chi connectivity index (χ3v) is 5.78. The average molecular weight is 361 g/mol. The average Bonchev–Trinajstić information content (AvgIpc) is 2.86. The van der Waals surface area contributed by atoms with Crippen LogP contribution in [0.2, 0.25) is 0 Å². The molecule has 0 saturated carbocycles. The van der Waals surface area contributed by atoms with Crippen LogP contribution in [0.15, 0.2) is 58.5 Å². The van der Waals surface area contributed by atoms with Gasteiger partial charge in [-0.15, -0.1) is 0 Å². The number of nitrogens with zero attached hydrogens (tertiary/aromatic N) is 1. The largest absolute Gasteiger partial charge is 0.475 e. The quantitative estimate of drug-likeness (QED) is 0.438. The number of carboxylic acids is 1. The molecule has 3 rings (SSSR count). The Morgan fingerprint density at radius 1 is 1.08 bits per heavy atom. The van der Waals surface area contributed by atoms with E-state index in [1.54, 1.807) is 12.1 Å². The van der Waals surface area contributed by atoms with E-state index in [1.807, 2.05) is 0 Å². The third kappa shape index (κ3) is 2.60. The Hall–Kier alpha value is -3.00. The summed E-state index contributed by atoms with van der Waals surface area (Å²) in [7, 11) is -4.08. The van der Waals surface area contributed by atoms with E-state index in [0.717, 1.165) is 24.3 Å². The molecule has 0 aliphatic heterocycles. The number of carbonyl (C=O) groups excluding carboxylic acids is 1. The zero-order valence-electron chi connectivity index (χ0n) is 12.9. The van der Waals surface area contributed by atoms with Crippen molar-refractivity contribution in [2.45, 2.75) is 16.7 Å². The van der Waals surface area contributed by atoms with Crippen LogP contribution in [-0.2, 0) is 14.6 Å². The van der Waals surface area contributed by atoms with E-state index in [4.69, 9.17) is 5.11 Å². The van der Waals surface area contributed by atoms with Gasteiger partial charge in [0.1, 0.15) is 16.4 Å². The molecule has 25 heavy (non-hydrogen) atoms. The van der Waals surface area contributed by atoms with E-state index in [-0.39, 0.29) is 26.6 Å². The Morgan fingerprint density at radius 3 is 2.32 bits per heavy atom. The molecule has 0 unspecified atom stereocenters. The van der Waals surface area contributed by atoms with E-state index in [1.165, 1.54) is 23.6 Å². The summed E-state index contributed by atoms with van der Waals surface area (Å²) in [6.07, 6.45) is 1.42. The first-order valence-electron chi connectivity index (χ1n) is 7.13. The van der Waals surface area contributed by atoms with Gasteiger partial charge < -0.3 is 9.51 Å².